The Morgan fingerprint density at radius 3 is 2.42 bits per heavy atom. The number of carbonyl (C=O) groups is 2. The van der Waals surface area contributed by atoms with Crippen molar-refractivity contribution >= 4 is 29.5 Å². The molecule has 206 valence electrons. The van der Waals surface area contributed by atoms with Crippen LogP contribution in [0.4, 0.5) is 22.2 Å². The molecule has 0 unspecified atom stereocenters. The maximum Gasteiger partial charge on any atom is 0.407 e. The normalized spacial score (nSPS) is 11.2. The van der Waals surface area contributed by atoms with Crippen molar-refractivity contribution in [2.75, 3.05) is 30.3 Å². The van der Waals surface area contributed by atoms with E-state index in [1.807, 2.05) is 34.6 Å². The Kier molecular flexibility index (Phi) is 11.3. The highest BCUT2D eigenvalue weighted by molar-refractivity contribution is 5.93. The molecule has 0 fully saturated rings. The predicted molar refractivity (Wildman–Crippen MR) is 151 cm³/mol. The molecule has 0 bridgehead atoms. The van der Waals surface area contributed by atoms with E-state index in [-0.39, 0.29) is 5.54 Å². The first-order valence-corrected chi connectivity index (χ1v) is 12.9. The molecule has 0 saturated carbocycles. The van der Waals surface area contributed by atoms with E-state index in [2.05, 4.69) is 50.0 Å². The summed E-state index contributed by atoms with van der Waals surface area (Å²) < 4.78 is 5.29. The van der Waals surface area contributed by atoms with E-state index < -0.39 is 17.6 Å². The first-order valence-electron chi connectivity index (χ1n) is 12.9. The van der Waals surface area contributed by atoms with Gasteiger partial charge in [-0.1, -0.05) is 18.8 Å². The Balaban J connectivity index is 1.89. The molecule has 2 aromatic rings. The average Bonchev–Trinajstić information content (AvgIpc) is 2.84. The van der Waals surface area contributed by atoms with Crippen molar-refractivity contribution < 1.29 is 14.3 Å². The third-order valence-corrected chi connectivity index (χ3v) is 5.14. The Labute approximate surface area is 225 Å². The van der Waals surface area contributed by atoms with E-state index in [0.29, 0.717) is 30.3 Å². The molecule has 0 aliphatic rings. The second-order valence-corrected chi connectivity index (χ2v) is 10.5. The monoisotopic (exact) mass is 523 g/mol. The number of carbonyl (C=O) groups excluding carboxylic acids is 2. The van der Waals surface area contributed by atoms with Gasteiger partial charge in [0.05, 0.1) is 11.8 Å². The average molecular weight is 524 g/mol. The molecule has 2 amide bonds. The fourth-order valence-corrected chi connectivity index (χ4v) is 3.19. The minimum Gasteiger partial charge on any atom is -0.444 e. The molecule has 1 aromatic heterocycles. The summed E-state index contributed by atoms with van der Waals surface area (Å²) in [4.78, 5) is 32.1. The van der Waals surface area contributed by atoms with Gasteiger partial charge in [-0.15, -0.1) is 0 Å². The lowest BCUT2D eigenvalue weighted by atomic mass is 10.1. The van der Waals surface area contributed by atoms with Gasteiger partial charge >= 0.3 is 6.09 Å². The van der Waals surface area contributed by atoms with E-state index in [0.717, 1.165) is 37.2 Å². The zero-order valence-electron chi connectivity index (χ0n) is 23.3. The van der Waals surface area contributed by atoms with Crippen LogP contribution in [0.3, 0.4) is 0 Å². The minimum absolute atomic E-state index is 0.279. The summed E-state index contributed by atoms with van der Waals surface area (Å²) >= 11 is 0. The van der Waals surface area contributed by atoms with Crippen LogP contribution < -0.4 is 27.0 Å². The van der Waals surface area contributed by atoms with Gasteiger partial charge in [-0.3, -0.25) is 4.79 Å². The number of unbranched alkanes of at least 4 members (excludes halogenated alkanes) is 1. The zero-order valence-corrected chi connectivity index (χ0v) is 23.3. The van der Waals surface area contributed by atoms with Crippen molar-refractivity contribution in [1.82, 2.24) is 20.6 Å². The van der Waals surface area contributed by atoms with E-state index in [1.54, 1.807) is 30.5 Å². The largest absolute Gasteiger partial charge is 0.444 e. The summed E-state index contributed by atoms with van der Waals surface area (Å²) in [6.45, 7) is 13.6. The minimum atomic E-state index is -0.520. The van der Waals surface area contributed by atoms with E-state index in [9.17, 15) is 9.59 Å². The Morgan fingerprint density at radius 1 is 1.08 bits per heavy atom. The number of anilines is 3. The van der Waals surface area contributed by atoms with Gasteiger partial charge in [-0.25, -0.2) is 9.78 Å². The quantitative estimate of drug-likeness (QED) is 0.206. The highest BCUT2D eigenvalue weighted by Crippen LogP contribution is 2.18. The SMILES string of the molecule is CCCNc1nc(Nc2ccc(C(N)=O)cc2)ncc1C#CCCCNC(C)(C)CNC(=O)OC(C)(C)C. The lowest BCUT2D eigenvalue weighted by molar-refractivity contribution is 0.0513. The number of ether oxygens (including phenoxy) is 1. The standard InChI is InChI=1S/C28H41N7O3/c1-7-16-30-24-21(18-31-25(35-24)34-22-14-12-20(13-15-22)23(29)36)11-9-8-10-17-33-28(5,6)19-32-26(37)38-27(2,3)4/h12-15,18,33H,7-8,10,16-17,19H2,1-6H3,(H2,29,36)(H,32,37)(H2,30,31,34,35). The smallest absolute Gasteiger partial charge is 0.407 e. The highest BCUT2D eigenvalue weighted by atomic mass is 16.6. The van der Waals surface area contributed by atoms with Gasteiger partial charge in [0.1, 0.15) is 11.4 Å². The molecule has 1 aromatic carbocycles. The third-order valence-electron chi connectivity index (χ3n) is 5.14. The molecule has 10 nitrogen and oxygen atoms in total. The second kappa shape index (κ2) is 14.2. The van der Waals surface area contributed by atoms with Crippen molar-refractivity contribution in [2.45, 2.75) is 71.9 Å². The van der Waals surface area contributed by atoms with Crippen LogP contribution in [-0.4, -0.2) is 52.7 Å². The predicted octanol–water partition coefficient (Wildman–Crippen LogP) is 4.17. The fourth-order valence-electron chi connectivity index (χ4n) is 3.19. The summed E-state index contributed by atoms with van der Waals surface area (Å²) in [6, 6.07) is 6.79. The van der Waals surface area contributed by atoms with Crippen molar-refractivity contribution in [1.29, 1.82) is 0 Å². The van der Waals surface area contributed by atoms with Crippen LogP contribution in [0.1, 0.15) is 76.7 Å². The molecule has 0 aliphatic heterocycles. The van der Waals surface area contributed by atoms with Gasteiger partial charge < -0.3 is 31.7 Å². The van der Waals surface area contributed by atoms with E-state index >= 15 is 0 Å². The zero-order chi connectivity index (χ0) is 28.2. The first-order chi connectivity index (χ1) is 17.9. The van der Waals surface area contributed by atoms with Crippen LogP contribution in [0, 0.1) is 11.8 Å². The van der Waals surface area contributed by atoms with Crippen LogP contribution in [0.2, 0.25) is 0 Å². The van der Waals surface area contributed by atoms with Gasteiger partial charge in [-0.2, -0.15) is 4.98 Å². The Morgan fingerprint density at radius 2 is 1.79 bits per heavy atom. The number of alkyl carbamates (subject to hydrolysis) is 1. The van der Waals surface area contributed by atoms with Gasteiger partial charge in [0, 0.05) is 36.3 Å². The van der Waals surface area contributed by atoms with Crippen LogP contribution in [0.25, 0.3) is 0 Å². The summed E-state index contributed by atoms with van der Waals surface area (Å²) in [7, 11) is 0. The number of nitrogens with one attached hydrogen (secondary N) is 4. The lowest BCUT2D eigenvalue weighted by Gasteiger charge is -2.27. The number of aromatic nitrogens is 2. The van der Waals surface area contributed by atoms with Crippen molar-refractivity contribution in [2.24, 2.45) is 5.73 Å². The molecule has 0 spiro atoms. The number of benzene rings is 1. The molecule has 2 rings (SSSR count). The van der Waals surface area contributed by atoms with Crippen molar-refractivity contribution in [3.63, 3.8) is 0 Å². The number of rotatable bonds is 12. The fraction of sp³-hybridized carbons (Fsp3) is 0.500. The molecular weight excluding hydrogens is 482 g/mol. The molecule has 38 heavy (non-hydrogen) atoms. The topological polar surface area (TPSA) is 143 Å². The molecule has 1 heterocycles. The molecular formula is C28H41N7O3. The maximum atomic E-state index is 11.9. The summed E-state index contributed by atoms with van der Waals surface area (Å²) in [6.07, 6.45) is 3.76. The van der Waals surface area contributed by atoms with E-state index in [1.165, 1.54) is 0 Å². The molecule has 0 radical (unpaired) electrons. The Hall–Kier alpha value is -3.84. The first kappa shape index (κ1) is 30.4. The number of nitrogens with two attached hydrogens (primary N) is 1. The number of amides is 2. The van der Waals surface area contributed by atoms with Crippen LogP contribution in [0.5, 0.6) is 0 Å². The van der Waals surface area contributed by atoms with Gasteiger partial charge in [-0.05, 0) is 78.3 Å². The summed E-state index contributed by atoms with van der Waals surface area (Å²) in [5.74, 6) is 6.99. The lowest BCUT2D eigenvalue weighted by Crippen LogP contribution is -2.50. The number of primary amides is 1. The maximum absolute atomic E-state index is 11.9. The van der Waals surface area contributed by atoms with E-state index in [4.69, 9.17) is 10.5 Å². The van der Waals surface area contributed by atoms with Crippen LogP contribution in [0.15, 0.2) is 30.5 Å². The molecule has 0 saturated heterocycles. The van der Waals surface area contributed by atoms with Gasteiger partial charge in [0.25, 0.3) is 0 Å². The molecule has 0 aliphatic carbocycles. The molecule has 0 atom stereocenters. The molecule has 10 heteroatoms. The number of hydrogen-bond acceptors (Lipinski definition) is 8. The number of nitrogens with zero attached hydrogens (tertiary/aromatic N) is 2. The number of hydrogen-bond donors (Lipinski definition) is 5. The van der Waals surface area contributed by atoms with Crippen molar-refractivity contribution in [3.05, 3.63) is 41.6 Å². The molecule has 6 N–H and O–H groups in total. The second-order valence-electron chi connectivity index (χ2n) is 10.5. The Bertz CT molecular complexity index is 1130. The van der Waals surface area contributed by atoms with Crippen molar-refractivity contribution in [3.8, 4) is 11.8 Å². The third kappa shape index (κ3) is 11.5. The summed E-state index contributed by atoms with van der Waals surface area (Å²) in [5, 5.41) is 12.7. The summed E-state index contributed by atoms with van der Waals surface area (Å²) in [5.41, 5.74) is 6.40. The van der Waals surface area contributed by atoms with Gasteiger partial charge in [0.2, 0.25) is 11.9 Å². The highest BCUT2D eigenvalue weighted by Gasteiger charge is 2.21. The van der Waals surface area contributed by atoms with Crippen LogP contribution >= 0.6 is 0 Å². The van der Waals surface area contributed by atoms with Crippen LogP contribution in [-0.2, 0) is 4.74 Å². The van der Waals surface area contributed by atoms with Gasteiger partial charge in [0.15, 0.2) is 0 Å².